The van der Waals surface area contributed by atoms with Crippen LogP contribution >= 0.6 is 0 Å². The maximum Gasteiger partial charge on any atom is 0.333 e. The highest BCUT2D eigenvalue weighted by atomic mass is 16.4. The Morgan fingerprint density at radius 2 is 1.46 bits per heavy atom. The van der Waals surface area contributed by atoms with Gasteiger partial charge in [0.25, 0.3) is 5.70 Å². The number of benzene rings is 3. The fraction of sp³-hybridized carbons (Fsp3) is 0.125. The summed E-state index contributed by atoms with van der Waals surface area (Å²) in [6, 6.07) is 28.4. The van der Waals surface area contributed by atoms with Crippen molar-refractivity contribution in [2.75, 3.05) is 23.9 Å². The van der Waals surface area contributed by atoms with E-state index in [1.165, 1.54) is 6.08 Å². The highest BCUT2D eigenvalue weighted by molar-refractivity contribution is 5.89. The van der Waals surface area contributed by atoms with Crippen LogP contribution in [-0.4, -0.2) is 25.2 Å². The molecule has 1 aliphatic rings. The largest absolute Gasteiger partial charge is 0.486 e. The van der Waals surface area contributed by atoms with Crippen molar-refractivity contribution in [3.63, 3.8) is 0 Å². The third-order valence-corrected chi connectivity index (χ3v) is 6.17. The lowest BCUT2D eigenvalue weighted by molar-refractivity contribution is -0.132. The summed E-state index contributed by atoms with van der Waals surface area (Å²) >= 11 is 0. The van der Waals surface area contributed by atoms with Crippen LogP contribution in [0.25, 0.3) is 10.9 Å². The van der Waals surface area contributed by atoms with E-state index in [9.17, 15) is 9.90 Å². The van der Waals surface area contributed by atoms with Crippen molar-refractivity contribution in [2.24, 2.45) is 0 Å². The van der Waals surface area contributed by atoms with Crippen molar-refractivity contribution in [3.05, 3.63) is 143 Å². The van der Waals surface area contributed by atoms with E-state index in [1.807, 2.05) is 80.8 Å². The monoisotopic (exact) mass is 487 g/mol. The number of anilines is 3. The molecule has 0 atom stereocenters. The molecular weight excluding hydrogens is 458 g/mol. The van der Waals surface area contributed by atoms with E-state index in [0.29, 0.717) is 6.42 Å². The molecule has 4 rings (SSSR count). The highest BCUT2D eigenvalue weighted by Crippen LogP contribution is 2.42. The molecule has 0 saturated carbocycles. The molecule has 0 amide bonds. The van der Waals surface area contributed by atoms with Crippen LogP contribution in [0, 0.1) is 6.57 Å². The second-order valence-electron chi connectivity index (χ2n) is 8.86. The van der Waals surface area contributed by atoms with Crippen LogP contribution in [0.15, 0.2) is 126 Å². The molecule has 1 N–H and O–H groups in total. The van der Waals surface area contributed by atoms with Gasteiger partial charge in [-0.25, -0.2) is 4.85 Å². The molecule has 0 heterocycles. The van der Waals surface area contributed by atoms with Gasteiger partial charge in [0, 0.05) is 31.2 Å². The first kappa shape index (κ1) is 25.3. The Hall–Kier alpha value is -4.82. The number of para-hydroxylation sites is 2. The Bertz CT molecular complexity index is 1370. The standard InChI is InChI=1S/C32H29N3O2/c1-33-30(32(36)37)23-26-20-19-25(12-10-11-24-17-21-27(22-18-24)34(2)3)31(26)35(28-13-6-4-7-14-28)29-15-8-5-9-16-29/h4-18,21-23H,19-20H2,2-3H3,(H,36,37)/b11-10+,25-12+,30-23-. The van der Waals surface area contributed by atoms with Crippen LogP contribution in [0.3, 0.4) is 0 Å². The van der Waals surface area contributed by atoms with Crippen molar-refractivity contribution in [2.45, 2.75) is 12.8 Å². The molecule has 0 saturated heterocycles. The van der Waals surface area contributed by atoms with Gasteiger partial charge in [-0.05, 0) is 72.0 Å². The lowest BCUT2D eigenvalue weighted by Crippen LogP contribution is -2.17. The topological polar surface area (TPSA) is 48.1 Å². The number of hydrogen-bond donors (Lipinski definition) is 1. The Morgan fingerprint density at radius 1 is 0.865 bits per heavy atom. The van der Waals surface area contributed by atoms with E-state index in [2.05, 4.69) is 51.1 Å². The zero-order chi connectivity index (χ0) is 26.2. The van der Waals surface area contributed by atoms with Crippen LogP contribution in [0.1, 0.15) is 18.4 Å². The summed E-state index contributed by atoms with van der Waals surface area (Å²) < 4.78 is 0. The first-order chi connectivity index (χ1) is 18.0. The minimum absolute atomic E-state index is 0.286. The van der Waals surface area contributed by atoms with Gasteiger partial charge < -0.3 is 14.9 Å². The number of nitrogens with zero attached hydrogens (tertiary/aromatic N) is 3. The molecule has 0 radical (unpaired) electrons. The molecule has 1 aliphatic carbocycles. The van der Waals surface area contributed by atoms with Crippen molar-refractivity contribution in [3.8, 4) is 0 Å². The second kappa shape index (κ2) is 11.7. The van der Waals surface area contributed by atoms with Crippen molar-refractivity contribution in [1.82, 2.24) is 0 Å². The van der Waals surface area contributed by atoms with Gasteiger partial charge >= 0.3 is 5.97 Å². The lowest BCUT2D eigenvalue weighted by Gasteiger charge is -2.28. The fourth-order valence-corrected chi connectivity index (χ4v) is 4.33. The van der Waals surface area contributed by atoms with Crippen molar-refractivity contribution in [1.29, 1.82) is 0 Å². The molecule has 0 aliphatic heterocycles. The van der Waals surface area contributed by atoms with Crippen LogP contribution in [0.4, 0.5) is 17.1 Å². The molecule has 37 heavy (non-hydrogen) atoms. The zero-order valence-corrected chi connectivity index (χ0v) is 21.0. The van der Waals surface area contributed by atoms with E-state index >= 15 is 0 Å². The molecule has 0 spiro atoms. The van der Waals surface area contributed by atoms with Gasteiger partial charge in [0.1, 0.15) is 0 Å². The van der Waals surface area contributed by atoms with Crippen LogP contribution in [0.2, 0.25) is 0 Å². The van der Waals surface area contributed by atoms with E-state index in [-0.39, 0.29) is 5.70 Å². The summed E-state index contributed by atoms with van der Waals surface area (Å²) in [7, 11) is 4.04. The van der Waals surface area contributed by atoms with Gasteiger partial charge in [0.2, 0.25) is 0 Å². The molecule has 5 heteroatoms. The second-order valence-corrected chi connectivity index (χ2v) is 8.86. The molecule has 3 aromatic carbocycles. The quantitative estimate of drug-likeness (QED) is 0.265. The minimum atomic E-state index is -1.22. The minimum Gasteiger partial charge on any atom is -0.486 e. The maximum absolute atomic E-state index is 11.7. The van der Waals surface area contributed by atoms with Crippen LogP contribution < -0.4 is 9.80 Å². The number of aliphatic carboxylic acids is 1. The molecule has 0 unspecified atom stereocenters. The smallest absolute Gasteiger partial charge is 0.333 e. The van der Waals surface area contributed by atoms with Gasteiger partial charge in [-0.15, -0.1) is 0 Å². The average molecular weight is 488 g/mol. The third-order valence-electron chi connectivity index (χ3n) is 6.17. The molecule has 0 aromatic heterocycles. The molecule has 5 nitrogen and oxygen atoms in total. The number of hydrogen-bond acceptors (Lipinski definition) is 3. The number of allylic oxidation sites excluding steroid dienone is 5. The van der Waals surface area contributed by atoms with Gasteiger partial charge in [-0.2, -0.15) is 0 Å². The molecule has 184 valence electrons. The third kappa shape index (κ3) is 6.06. The van der Waals surface area contributed by atoms with Gasteiger partial charge in [-0.1, -0.05) is 66.8 Å². The van der Waals surface area contributed by atoms with Crippen LogP contribution in [-0.2, 0) is 4.79 Å². The zero-order valence-electron chi connectivity index (χ0n) is 21.0. The number of carbonyl (C=O) groups is 1. The van der Waals surface area contributed by atoms with E-state index < -0.39 is 5.97 Å². The van der Waals surface area contributed by atoms with Crippen molar-refractivity contribution >= 4 is 29.1 Å². The summed E-state index contributed by atoms with van der Waals surface area (Å²) in [5.41, 5.74) is 6.69. The number of carboxylic acid groups (broad SMARTS) is 1. The van der Waals surface area contributed by atoms with Crippen LogP contribution in [0.5, 0.6) is 0 Å². The van der Waals surface area contributed by atoms with Gasteiger partial charge in [0.15, 0.2) is 0 Å². The van der Waals surface area contributed by atoms with E-state index in [0.717, 1.165) is 45.9 Å². The molecule has 0 bridgehead atoms. The normalized spacial score (nSPS) is 14.7. The summed E-state index contributed by atoms with van der Waals surface area (Å²) in [6.45, 7) is 7.36. The van der Waals surface area contributed by atoms with Gasteiger partial charge in [-0.3, -0.25) is 4.79 Å². The lowest BCUT2D eigenvalue weighted by atomic mass is 10.1. The summed E-state index contributed by atoms with van der Waals surface area (Å²) in [6.07, 6.45) is 9.10. The van der Waals surface area contributed by atoms with Gasteiger partial charge in [0.05, 0.1) is 12.3 Å². The average Bonchev–Trinajstić information content (AvgIpc) is 3.30. The van der Waals surface area contributed by atoms with E-state index in [1.54, 1.807) is 0 Å². The number of carboxylic acids is 1. The number of rotatable bonds is 8. The summed E-state index contributed by atoms with van der Waals surface area (Å²) in [4.78, 5) is 19.1. The Balaban J connectivity index is 1.82. The maximum atomic E-state index is 11.7. The highest BCUT2D eigenvalue weighted by Gasteiger charge is 2.26. The molecule has 0 fully saturated rings. The predicted molar refractivity (Wildman–Crippen MR) is 151 cm³/mol. The Kier molecular flexibility index (Phi) is 8.02. The van der Waals surface area contributed by atoms with Crippen molar-refractivity contribution < 1.29 is 9.90 Å². The first-order valence-electron chi connectivity index (χ1n) is 12.1. The molecule has 3 aromatic rings. The SMILES string of the molecule is [C-]#[N+]/C(=C\C1=C(N(c2ccccc2)c2ccccc2)C(=C/C=C/c2ccc(N(C)C)cc2)/CC1)C(=O)O. The Labute approximate surface area is 218 Å². The van der Waals surface area contributed by atoms with E-state index in [4.69, 9.17) is 6.57 Å². The Morgan fingerprint density at radius 3 is 1.97 bits per heavy atom. The fourth-order valence-electron chi connectivity index (χ4n) is 4.33. The summed E-state index contributed by atoms with van der Waals surface area (Å²) in [5.74, 6) is -1.22. The summed E-state index contributed by atoms with van der Waals surface area (Å²) in [5, 5.41) is 9.53. The first-order valence-corrected chi connectivity index (χ1v) is 12.1. The molecular formula is C32H29N3O2. The predicted octanol–water partition coefficient (Wildman–Crippen LogP) is 7.47.